The number of ketones is 1. The molecule has 4 nitrogen and oxygen atoms in total. The molecule has 1 amide bonds. The quantitative estimate of drug-likeness (QED) is 0.635. The number of nitrogens with zero attached hydrogens (tertiary/aromatic N) is 1. The van der Waals surface area contributed by atoms with Crippen LogP contribution in [0.3, 0.4) is 0 Å². The predicted molar refractivity (Wildman–Crippen MR) is 108 cm³/mol. The van der Waals surface area contributed by atoms with Gasteiger partial charge in [-0.05, 0) is 31.5 Å². The molecule has 0 aliphatic rings. The van der Waals surface area contributed by atoms with Gasteiger partial charge in [-0.2, -0.15) is 0 Å². The number of likely N-dealkylation sites (N-methyl/N-ethyl adjacent to an activating group) is 1. The average Bonchev–Trinajstić information content (AvgIpc) is 3.18. The maximum Gasteiger partial charge on any atom is 0.220 e. The Labute approximate surface area is 160 Å². The van der Waals surface area contributed by atoms with Gasteiger partial charge in [-0.25, -0.2) is 0 Å². The molecule has 0 saturated carbocycles. The van der Waals surface area contributed by atoms with Crippen molar-refractivity contribution >= 4 is 23.0 Å². The van der Waals surface area contributed by atoms with Crippen LogP contribution in [-0.2, 0) is 4.79 Å². The minimum Gasteiger partial charge on any atom is -0.354 e. The van der Waals surface area contributed by atoms with Crippen molar-refractivity contribution in [2.45, 2.75) is 39.7 Å². The van der Waals surface area contributed by atoms with Gasteiger partial charge in [0.05, 0.1) is 6.04 Å². The van der Waals surface area contributed by atoms with Crippen molar-refractivity contribution in [1.29, 1.82) is 0 Å². The van der Waals surface area contributed by atoms with Crippen LogP contribution in [0, 0.1) is 6.92 Å². The molecule has 0 fully saturated rings. The fourth-order valence-corrected chi connectivity index (χ4v) is 3.83. The average molecular weight is 373 g/mol. The van der Waals surface area contributed by atoms with E-state index in [1.165, 1.54) is 4.88 Å². The highest BCUT2D eigenvalue weighted by atomic mass is 32.1. The summed E-state index contributed by atoms with van der Waals surface area (Å²) in [6.07, 6.45) is 0.464. The van der Waals surface area contributed by atoms with Gasteiger partial charge >= 0.3 is 0 Å². The van der Waals surface area contributed by atoms with Gasteiger partial charge in [0, 0.05) is 29.8 Å². The Morgan fingerprint density at radius 3 is 2.35 bits per heavy atom. The molecule has 0 spiro atoms. The first-order valence-corrected chi connectivity index (χ1v) is 10.1. The van der Waals surface area contributed by atoms with Crippen LogP contribution in [0.25, 0.3) is 0 Å². The first kappa shape index (κ1) is 20.3. The Morgan fingerprint density at radius 1 is 1.08 bits per heavy atom. The van der Waals surface area contributed by atoms with E-state index < -0.39 is 0 Å². The van der Waals surface area contributed by atoms with Crippen molar-refractivity contribution in [3.63, 3.8) is 0 Å². The number of aryl methyl sites for hydroxylation is 1. The van der Waals surface area contributed by atoms with Crippen LogP contribution in [0.15, 0.2) is 41.8 Å². The second-order valence-corrected chi connectivity index (χ2v) is 7.32. The summed E-state index contributed by atoms with van der Waals surface area (Å²) in [5, 5.41) is 5.07. The SMILES string of the molecule is CCN(CC)C(CNC(=O)CCC(=O)c1ccc(C)cc1)c1cccs1. The molecule has 26 heavy (non-hydrogen) atoms. The lowest BCUT2D eigenvalue weighted by Gasteiger charge is -2.29. The first-order chi connectivity index (χ1) is 12.5. The lowest BCUT2D eigenvalue weighted by molar-refractivity contribution is -0.121. The molecule has 0 saturated heterocycles. The van der Waals surface area contributed by atoms with Crippen molar-refractivity contribution in [1.82, 2.24) is 10.2 Å². The summed E-state index contributed by atoms with van der Waals surface area (Å²) in [6, 6.07) is 11.8. The maximum atomic E-state index is 12.2. The largest absolute Gasteiger partial charge is 0.354 e. The van der Waals surface area contributed by atoms with Crippen molar-refractivity contribution in [2.24, 2.45) is 0 Å². The van der Waals surface area contributed by atoms with Gasteiger partial charge in [-0.1, -0.05) is 49.7 Å². The zero-order valence-electron chi connectivity index (χ0n) is 15.8. The summed E-state index contributed by atoms with van der Waals surface area (Å²) in [5.74, 6) is -0.0575. The van der Waals surface area contributed by atoms with Crippen LogP contribution >= 0.6 is 11.3 Å². The van der Waals surface area contributed by atoms with Crippen LogP contribution in [0.4, 0.5) is 0 Å². The van der Waals surface area contributed by atoms with Crippen LogP contribution in [0.5, 0.6) is 0 Å². The smallest absolute Gasteiger partial charge is 0.220 e. The van der Waals surface area contributed by atoms with Crippen molar-refractivity contribution < 1.29 is 9.59 Å². The van der Waals surface area contributed by atoms with E-state index in [-0.39, 0.29) is 30.6 Å². The Morgan fingerprint density at radius 2 is 1.77 bits per heavy atom. The molecule has 1 atom stereocenters. The Hall–Kier alpha value is -1.98. The van der Waals surface area contributed by atoms with Gasteiger partial charge < -0.3 is 5.32 Å². The maximum absolute atomic E-state index is 12.2. The zero-order chi connectivity index (χ0) is 18.9. The normalized spacial score (nSPS) is 12.2. The highest BCUT2D eigenvalue weighted by Gasteiger charge is 2.20. The lowest BCUT2D eigenvalue weighted by atomic mass is 10.0. The number of thiophene rings is 1. The third kappa shape index (κ3) is 5.78. The minimum atomic E-state index is -0.0702. The molecule has 0 aliphatic heterocycles. The summed E-state index contributed by atoms with van der Waals surface area (Å²) < 4.78 is 0. The van der Waals surface area contributed by atoms with Crippen molar-refractivity contribution in [3.8, 4) is 0 Å². The van der Waals surface area contributed by atoms with Crippen LogP contribution in [0.2, 0.25) is 0 Å². The molecule has 1 unspecified atom stereocenters. The van der Waals surface area contributed by atoms with Gasteiger partial charge in [0.25, 0.3) is 0 Å². The number of amides is 1. The minimum absolute atomic E-state index is 0.0127. The summed E-state index contributed by atoms with van der Waals surface area (Å²) in [7, 11) is 0. The van der Waals surface area contributed by atoms with Gasteiger partial charge in [0.2, 0.25) is 5.91 Å². The number of nitrogens with one attached hydrogen (secondary N) is 1. The molecule has 0 bridgehead atoms. The third-order valence-electron chi connectivity index (χ3n) is 4.57. The molecule has 1 aromatic carbocycles. The number of carbonyl (C=O) groups excluding carboxylic acids is 2. The second-order valence-electron chi connectivity index (χ2n) is 6.35. The highest BCUT2D eigenvalue weighted by molar-refractivity contribution is 7.10. The van der Waals surface area contributed by atoms with Gasteiger partial charge in [-0.15, -0.1) is 11.3 Å². The van der Waals surface area contributed by atoms with Gasteiger partial charge in [0.1, 0.15) is 0 Å². The standard InChI is InChI=1S/C21H28N2O2S/c1-4-23(5-2)18(20-7-6-14-26-20)15-22-21(25)13-12-19(24)17-10-8-16(3)9-11-17/h6-11,14,18H,4-5,12-13,15H2,1-3H3,(H,22,25). The van der Waals surface area contributed by atoms with E-state index in [1.807, 2.05) is 37.3 Å². The highest BCUT2D eigenvalue weighted by Crippen LogP contribution is 2.24. The predicted octanol–water partition coefficient (Wildman–Crippen LogP) is 4.22. The molecular weight excluding hydrogens is 344 g/mol. The number of Topliss-reactive ketones (excluding diaryl/α,β-unsaturated/α-hetero) is 1. The molecule has 140 valence electrons. The van der Waals surface area contributed by atoms with E-state index in [4.69, 9.17) is 0 Å². The first-order valence-electron chi connectivity index (χ1n) is 9.19. The Kier molecular flexibility index (Phi) is 8.01. The van der Waals surface area contributed by atoms with E-state index in [9.17, 15) is 9.59 Å². The van der Waals surface area contributed by atoms with Crippen molar-refractivity contribution in [2.75, 3.05) is 19.6 Å². The second kappa shape index (κ2) is 10.2. The molecule has 0 radical (unpaired) electrons. The number of carbonyl (C=O) groups is 2. The summed E-state index contributed by atoms with van der Waals surface area (Å²) in [6.45, 7) is 8.68. The molecule has 1 heterocycles. The third-order valence-corrected chi connectivity index (χ3v) is 5.54. The fourth-order valence-electron chi connectivity index (χ4n) is 2.96. The zero-order valence-corrected chi connectivity index (χ0v) is 16.6. The molecule has 2 rings (SSSR count). The molecule has 2 aromatic rings. The van der Waals surface area contributed by atoms with Crippen LogP contribution < -0.4 is 5.32 Å². The number of hydrogen-bond acceptors (Lipinski definition) is 4. The fraction of sp³-hybridized carbons (Fsp3) is 0.429. The van der Waals surface area contributed by atoms with Crippen LogP contribution in [-0.4, -0.2) is 36.2 Å². The number of benzene rings is 1. The molecule has 5 heteroatoms. The number of rotatable bonds is 10. The van der Waals surface area contributed by atoms with E-state index in [1.54, 1.807) is 11.3 Å². The van der Waals surface area contributed by atoms with Crippen LogP contribution in [0.1, 0.15) is 53.5 Å². The van der Waals surface area contributed by atoms with Crippen molar-refractivity contribution in [3.05, 3.63) is 57.8 Å². The molecule has 1 aromatic heterocycles. The monoisotopic (exact) mass is 372 g/mol. The van der Waals surface area contributed by atoms with E-state index in [0.29, 0.717) is 12.1 Å². The molecule has 0 aliphatic carbocycles. The summed E-state index contributed by atoms with van der Waals surface area (Å²) >= 11 is 1.71. The Balaban J connectivity index is 1.86. The van der Waals surface area contributed by atoms with E-state index in [0.717, 1.165) is 18.7 Å². The summed E-state index contributed by atoms with van der Waals surface area (Å²) in [5.41, 5.74) is 1.79. The van der Waals surface area contributed by atoms with Gasteiger partial charge in [0.15, 0.2) is 5.78 Å². The lowest BCUT2D eigenvalue weighted by Crippen LogP contribution is -2.37. The summed E-state index contributed by atoms with van der Waals surface area (Å²) in [4.78, 5) is 28.0. The van der Waals surface area contributed by atoms with E-state index >= 15 is 0 Å². The molecule has 1 N–H and O–H groups in total. The molecular formula is C21H28N2O2S. The Bertz CT molecular complexity index is 691. The topological polar surface area (TPSA) is 49.4 Å². The number of hydrogen-bond donors (Lipinski definition) is 1. The van der Waals surface area contributed by atoms with E-state index in [2.05, 4.69) is 35.5 Å². The van der Waals surface area contributed by atoms with Gasteiger partial charge in [-0.3, -0.25) is 14.5 Å².